The van der Waals surface area contributed by atoms with Crippen molar-refractivity contribution in [1.29, 1.82) is 0 Å². The highest BCUT2D eigenvalue weighted by Crippen LogP contribution is 2.33. The number of likely N-dealkylation sites (tertiary alicyclic amines) is 1. The molecule has 4 nitrogen and oxygen atoms in total. The van der Waals surface area contributed by atoms with Crippen molar-refractivity contribution in [2.75, 3.05) is 25.4 Å². The first-order valence-corrected chi connectivity index (χ1v) is 10.3. The highest BCUT2D eigenvalue weighted by molar-refractivity contribution is 8.04. The molecule has 0 saturated carbocycles. The molecule has 3 heterocycles. The first kappa shape index (κ1) is 17.7. The summed E-state index contributed by atoms with van der Waals surface area (Å²) in [6, 6.07) is 4.63. The van der Waals surface area contributed by atoms with Gasteiger partial charge in [-0.1, -0.05) is 11.2 Å². The molecule has 1 saturated heterocycles. The maximum absolute atomic E-state index is 13.3. The standard InChI is InChI=1S/C20H23FN2O2S/c21-15-5-6-16-18(13-15)25-22-20(16)14-7-10-23(11-8-14)9-1-3-17(24)19-4-2-12-26-19/h4-6,13-14H,1-3,7-12H2. The van der Waals surface area contributed by atoms with Gasteiger partial charge in [0.25, 0.3) is 0 Å². The third-order valence-electron chi connectivity index (χ3n) is 5.29. The Morgan fingerprint density at radius 1 is 1.35 bits per heavy atom. The van der Waals surface area contributed by atoms with Crippen LogP contribution in [0.4, 0.5) is 4.39 Å². The van der Waals surface area contributed by atoms with E-state index in [1.54, 1.807) is 17.8 Å². The molecule has 0 unspecified atom stereocenters. The maximum atomic E-state index is 13.3. The van der Waals surface area contributed by atoms with E-state index in [0.717, 1.165) is 67.1 Å². The summed E-state index contributed by atoms with van der Waals surface area (Å²) in [6.45, 7) is 2.99. The molecule has 2 aromatic rings. The second-order valence-corrected chi connectivity index (χ2v) is 8.19. The van der Waals surface area contributed by atoms with Gasteiger partial charge in [0.15, 0.2) is 11.4 Å². The molecule has 0 bridgehead atoms. The topological polar surface area (TPSA) is 46.3 Å². The molecule has 0 amide bonds. The molecule has 6 heteroatoms. The Hall–Kier alpha value is -1.66. The number of halogens is 1. The predicted molar refractivity (Wildman–Crippen MR) is 102 cm³/mol. The molecule has 0 radical (unpaired) electrons. The van der Waals surface area contributed by atoms with E-state index >= 15 is 0 Å². The number of carbonyl (C=O) groups excluding carboxylic acids is 1. The van der Waals surface area contributed by atoms with Crippen molar-refractivity contribution in [2.45, 2.75) is 38.0 Å². The molecule has 1 aromatic carbocycles. The van der Waals surface area contributed by atoms with Crippen molar-refractivity contribution in [2.24, 2.45) is 0 Å². The SMILES string of the molecule is O=C(CCCN1CCC(c2noc3cc(F)ccc23)CC1)C1=CCCS1. The number of thioether (sulfide) groups is 1. The van der Waals surface area contributed by atoms with Crippen LogP contribution in [0.15, 0.2) is 33.7 Å². The van der Waals surface area contributed by atoms with Crippen molar-refractivity contribution >= 4 is 28.5 Å². The number of fused-ring (bicyclic) bond motifs is 1. The van der Waals surface area contributed by atoms with E-state index in [9.17, 15) is 9.18 Å². The van der Waals surface area contributed by atoms with Crippen LogP contribution in [0.2, 0.25) is 0 Å². The number of carbonyl (C=O) groups is 1. The van der Waals surface area contributed by atoms with Gasteiger partial charge in [0, 0.05) is 34.4 Å². The Labute approximate surface area is 156 Å². The number of hydrogen-bond donors (Lipinski definition) is 0. The van der Waals surface area contributed by atoms with E-state index in [1.165, 1.54) is 12.1 Å². The van der Waals surface area contributed by atoms with Crippen LogP contribution in [-0.2, 0) is 4.79 Å². The van der Waals surface area contributed by atoms with Gasteiger partial charge in [-0.25, -0.2) is 4.39 Å². The zero-order chi connectivity index (χ0) is 17.9. The number of benzene rings is 1. The first-order chi connectivity index (χ1) is 12.7. The van der Waals surface area contributed by atoms with Crippen molar-refractivity contribution in [3.05, 3.63) is 40.7 Å². The van der Waals surface area contributed by atoms with Crippen LogP contribution < -0.4 is 0 Å². The van der Waals surface area contributed by atoms with E-state index in [2.05, 4.69) is 16.1 Å². The lowest BCUT2D eigenvalue weighted by molar-refractivity contribution is -0.115. The van der Waals surface area contributed by atoms with Crippen LogP contribution >= 0.6 is 11.8 Å². The first-order valence-electron chi connectivity index (χ1n) is 9.34. The monoisotopic (exact) mass is 374 g/mol. The van der Waals surface area contributed by atoms with Gasteiger partial charge in [-0.3, -0.25) is 4.79 Å². The highest BCUT2D eigenvalue weighted by Gasteiger charge is 2.25. The molecule has 2 aliphatic rings. The fourth-order valence-corrected chi connectivity index (χ4v) is 4.81. The predicted octanol–water partition coefficient (Wildman–Crippen LogP) is 4.52. The molecule has 0 aliphatic carbocycles. The molecule has 0 N–H and O–H groups in total. The van der Waals surface area contributed by atoms with Gasteiger partial charge in [-0.05, 0) is 57.5 Å². The fraction of sp³-hybridized carbons (Fsp3) is 0.500. The molecule has 4 rings (SSSR count). The fourth-order valence-electron chi connectivity index (χ4n) is 3.85. The molecular formula is C20H23FN2O2S. The Morgan fingerprint density at radius 2 is 2.19 bits per heavy atom. The molecule has 1 fully saturated rings. The number of rotatable bonds is 6. The second-order valence-electron chi connectivity index (χ2n) is 7.06. The minimum atomic E-state index is -0.295. The summed E-state index contributed by atoms with van der Waals surface area (Å²) in [5.41, 5.74) is 1.49. The molecular weight excluding hydrogens is 351 g/mol. The lowest BCUT2D eigenvalue weighted by atomic mass is 9.91. The summed E-state index contributed by atoms with van der Waals surface area (Å²) in [4.78, 5) is 15.5. The third kappa shape index (κ3) is 3.86. The van der Waals surface area contributed by atoms with Gasteiger partial charge in [-0.2, -0.15) is 0 Å². The van der Waals surface area contributed by atoms with Crippen molar-refractivity contribution in [3.63, 3.8) is 0 Å². The van der Waals surface area contributed by atoms with Crippen molar-refractivity contribution in [3.8, 4) is 0 Å². The molecule has 138 valence electrons. The normalized spacial score (nSPS) is 19.2. The van der Waals surface area contributed by atoms with E-state index in [4.69, 9.17) is 4.52 Å². The van der Waals surface area contributed by atoms with Gasteiger partial charge in [0.2, 0.25) is 0 Å². The molecule has 0 atom stereocenters. The van der Waals surface area contributed by atoms with Crippen LogP contribution in [0.25, 0.3) is 11.0 Å². The van der Waals surface area contributed by atoms with Crippen LogP contribution in [-0.4, -0.2) is 41.2 Å². The summed E-state index contributed by atoms with van der Waals surface area (Å²) in [5, 5.41) is 5.13. The van der Waals surface area contributed by atoms with Gasteiger partial charge in [0.05, 0.1) is 5.69 Å². The number of ketones is 1. The number of aromatic nitrogens is 1. The van der Waals surface area contributed by atoms with Crippen LogP contribution in [0.5, 0.6) is 0 Å². The second kappa shape index (κ2) is 7.92. The summed E-state index contributed by atoms with van der Waals surface area (Å²) in [5.74, 6) is 1.43. The van der Waals surface area contributed by atoms with E-state index in [-0.39, 0.29) is 5.82 Å². The van der Waals surface area contributed by atoms with Gasteiger partial charge in [-0.15, -0.1) is 11.8 Å². The van der Waals surface area contributed by atoms with Gasteiger partial charge in [0.1, 0.15) is 5.82 Å². The minimum Gasteiger partial charge on any atom is -0.356 e. The summed E-state index contributed by atoms with van der Waals surface area (Å²) in [7, 11) is 0. The van der Waals surface area contributed by atoms with Gasteiger partial charge >= 0.3 is 0 Å². The Balaban J connectivity index is 1.26. The summed E-state index contributed by atoms with van der Waals surface area (Å²) >= 11 is 1.70. The largest absolute Gasteiger partial charge is 0.356 e. The Morgan fingerprint density at radius 3 is 2.96 bits per heavy atom. The number of piperidine rings is 1. The maximum Gasteiger partial charge on any atom is 0.170 e. The Bertz CT molecular complexity index is 824. The van der Waals surface area contributed by atoms with E-state index in [1.807, 2.05) is 0 Å². The van der Waals surface area contributed by atoms with Gasteiger partial charge < -0.3 is 9.42 Å². The molecule has 1 aromatic heterocycles. The van der Waals surface area contributed by atoms with Crippen molar-refractivity contribution in [1.82, 2.24) is 10.1 Å². The lowest BCUT2D eigenvalue weighted by Gasteiger charge is -2.31. The van der Waals surface area contributed by atoms with E-state index in [0.29, 0.717) is 23.7 Å². The molecule has 2 aliphatic heterocycles. The summed E-state index contributed by atoms with van der Waals surface area (Å²) < 4.78 is 18.6. The third-order valence-corrected chi connectivity index (χ3v) is 6.44. The zero-order valence-electron chi connectivity index (χ0n) is 14.7. The van der Waals surface area contributed by atoms with Crippen molar-refractivity contribution < 1.29 is 13.7 Å². The number of allylic oxidation sites excluding steroid dienone is 2. The quantitative estimate of drug-likeness (QED) is 0.744. The number of Topliss-reactive ketones (excluding diaryl/α,β-unsaturated/α-hetero) is 1. The van der Waals surface area contributed by atoms with Crippen LogP contribution in [0.3, 0.4) is 0 Å². The highest BCUT2D eigenvalue weighted by atomic mass is 32.2. The smallest absolute Gasteiger partial charge is 0.170 e. The average molecular weight is 374 g/mol. The lowest BCUT2D eigenvalue weighted by Crippen LogP contribution is -2.34. The molecule has 0 spiro atoms. The number of hydrogen-bond acceptors (Lipinski definition) is 5. The van der Waals surface area contributed by atoms with Crippen LogP contribution in [0, 0.1) is 5.82 Å². The van der Waals surface area contributed by atoms with E-state index < -0.39 is 0 Å². The average Bonchev–Trinajstić information content (AvgIpc) is 3.32. The molecule has 26 heavy (non-hydrogen) atoms. The minimum absolute atomic E-state index is 0.295. The van der Waals surface area contributed by atoms with Crippen LogP contribution in [0.1, 0.15) is 43.7 Å². The summed E-state index contributed by atoms with van der Waals surface area (Å²) in [6.07, 6.45) is 6.73. The zero-order valence-corrected chi connectivity index (χ0v) is 15.6. The Kier molecular flexibility index (Phi) is 5.41. The number of nitrogens with zero attached hydrogens (tertiary/aromatic N) is 2.